The van der Waals surface area contributed by atoms with Crippen LogP contribution in [0.1, 0.15) is 44.2 Å². The van der Waals surface area contributed by atoms with E-state index in [1.165, 1.54) is 17.0 Å². The van der Waals surface area contributed by atoms with E-state index in [0.29, 0.717) is 13.0 Å². The number of aryl methyl sites for hydroxylation is 1. The molecule has 1 fully saturated rings. The van der Waals surface area contributed by atoms with Crippen molar-refractivity contribution < 1.29 is 18.7 Å². The number of ether oxygens (including phenoxy) is 1. The maximum absolute atomic E-state index is 13.2. The van der Waals surface area contributed by atoms with Crippen LogP contribution in [-0.4, -0.2) is 35.5 Å². The topological polar surface area (TPSA) is 46.6 Å². The van der Waals surface area contributed by atoms with E-state index in [2.05, 4.69) is 0 Å². The molecular weight excluding hydrogens is 285 g/mol. The lowest BCUT2D eigenvalue weighted by molar-refractivity contribution is -0.123. The molecule has 1 amide bonds. The highest BCUT2D eigenvalue weighted by Gasteiger charge is 2.33. The van der Waals surface area contributed by atoms with E-state index in [1.54, 1.807) is 33.8 Å². The van der Waals surface area contributed by atoms with Crippen LogP contribution >= 0.6 is 0 Å². The minimum atomic E-state index is -0.579. The molecule has 0 spiro atoms. The number of hydrogen-bond donors (Lipinski definition) is 0. The lowest BCUT2D eigenvalue weighted by atomic mass is 9.86. The molecule has 0 radical (unpaired) electrons. The normalized spacial score (nSPS) is 19.2. The first-order valence-electron chi connectivity index (χ1n) is 7.44. The van der Waals surface area contributed by atoms with Crippen LogP contribution in [0.4, 0.5) is 9.18 Å². The first-order chi connectivity index (χ1) is 10.2. The van der Waals surface area contributed by atoms with Crippen LogP contribution in [0.25, 0.3) is 0 Å². The molecule has 0 aliphatic carbocycles. The third-order valence-electron chi connectivity index (χ3n) is 3.68. The zero-order chi connectivity index (χ0) is 16.5. The van der Waals surface area contributed by atoms with Gasteiger partial charge in [-0.25, -0.2) is 9.18 Å². The quantitative estimate of drug-likeness (QED) is 0.798. The highest BCUT2D eigenvalue weighted by Crippen LogP contribution is 2.29. The number of piperidine rings is 1. The van der Waals surface area contributed by atoms with Crippen LogP contribution in [0.2, 0.25) is 0 Å². The Morgan fingerprint density at radius 1 is 1.36 bits per heavy atom. The summed E-state index contributed by atoms with van der Waals surface area (Å²) in [7, 11) is 0. The standard InChI is InChI=1S/C17H22FNO3/c1-11-9-12(18)5-6-13(11)14-7-8-19(10-15(14)20)16(21)22-17(2,3)4/h5-6,9,14H,7-8,10H2,1-4H3/t14-/m0/s1. The molecule has 22 heavy (non-hydrogen) atoms. The summed E-state index contributed by atoms with van der Waals surface area (Å²) < 4.78 is 18.5. The maximum atomic E-state index is 13.2. The van der Waals surface area contributed by atoms with Crippen molar-refractivity contribution in [2.75, 3.05) is 13.1 Å². The van der Waals surface area contributed by atoms with E-state index in [1.807, 2.05) is 0 Å². The third-order valence-corrected chi connectivity index (χ3v) is 3.68. The van der Waals surface area contributed by atoms with Gasteiger partial charge in [0.25, 0.3) is 0 Å². The summed E-state index contributed by atoms with van der Waals surface area (Å²) in [6, 6.07) is 4.47. The van der Waals surface area contributed by atoms with Crippen molar-refractivity contribution >= 4 is 11.9 Å². The van der Waals surface area contributed by atoms with Crippen molar-refractivity contribution in [2.45, 2.75) is 45.6 Å². The number of nitrogens with zero attached hydrogens (tertiary/aromatic N) is 1. The summed E-state index contributed by atoms with van der Waals surface area (Å²) in [5.74, 6) is -0.619. The second-order valence-corrected chi connectivity index (χ2v) is 6.71. The fourth-order valence-electron chi connectivity index (χ4n) is 2.66. The number of likely N-dealkylation sites (tertiary alicyclic amines) is 1. The van der Waals surface area contributed by atoms with Crippen molar-refractivity contribution in [3.05, 3.63) is 35.1 Å². The zero-order valence-electron chi connectivity index (χ0n) is 13.5. The second-order valence-electron chi connectivity index (χ2n) is 6.71. The molecule has 1 atom stereocenters. The van der Waals surface area contributed by atoms with Crippen LogP contribution in [0, 0.1) is 12.7 Å². The summed E-state index contributed by atoms with van der Waals surface area (Å²) >= 11 is 0. The minimum Gasteiger partial charge on any atom is -0.444 e. The predicted molar refractivity (Wildman–Crippen MR) is 81.3 cm³/mol. The number of rotatable bonds is 1. The van der Waals surface area contributed by atoms with Gasteiger partial charge in [-0.15, -0.1) is 0 Å². The molecule has 0 saturated carbocycles. The predicted octanol–water partition coefficient (Wildman–Crippen LogP) is 3.43. The molecule has 0 aromatic heterocycles. The van der Waals surface area contributed by atoms with Gasteiger partial charge in [0.2, 0.25) is 0 Å². The Kier molecular flexibility index (Phi) is 4.54. The lowest BCUT2D eigenvalue weighted by Gasteiger charge is -2.33. The van der Waals surface area contributed by atoms with Gasteiger partial charge >= 0.3 is 6.09 Å². The molecule has 0 N–H and O–H groups in total. The van der Waals surface area contributed by atoms with E-state index in [4.69, 9.17) is 4.74 Å². The molecule has 1 aromatic rings. The molecular formula is C17H22FNO3. The molecule has 120 valence electrons. The van der Waals surface area contributed by atoms with Gasteiger partial charge in [0, 0.05) is 12.5 Å². The maximum Gasteiger partial charge on any atom is 0.410 e. The number of Topliss-reactive ketones (excluding diaryl/α,β-unsaturated/α-hetero) is 1. The molecule has 1 aromatic carbocycles. The van der Waals surface area contributed by atoms with Gasteiger partial charge in [-0.3, -0.25) is 4.79 Å². The fraction of sp³-hybridized carbons (Fsp3) is 0.529. The first-order valence-corrected chi connectivity index (χ1v) is 7.44. The van der Waals surface area contributed by atoms with E-state index in [-0.39, 0.29) is 24.1 Å². The van der Waals surface area contributed by atoms with Crippen molar-refractivity contribution in [1.29, 1.82) is 0 Å². The Morgan fingerprint density at radius 3 is 2.59 bits per heavy atom. The monoisotopic (exact) mass is 307 g/mol. The third kappa shape index (κ3) is 3.84. The van der Waals surface area contributed by atoms with E-state index < -0.39 is 11.7 Å². The van der Waals surface area contributed by atoms with Crippen LogP contribution < -0.4 is 0 Å². The van der Waals surface area contributed by atoms with Gasteiger partial charge in [0.15, 0.2) is 5.78 Å². The van der Waals surface area contributed by atoms with E-state index in [0.717, 1.165) is 11.1 Å². The molecule has 4 nitrogen and oxygen atoms in total. The average Bonchev–Trinajstić information content (AvgIpc) is 2.37. The lowest BCUT2D eigenvalue weighted by Crippen LogP contribution is -2.45. The summed E-state index contributed by atoms with van der Waals surface area (Å²) in [6.07, 6.45) is 0.0694. The van der Waals surface area contributed by atoms with E-state index in [9.17, 15) is 14.0 Å². The molecule has 5 heteroatoms. The molecule has 1 saturated heterocycles. The molecule has 0 bridgehead atoms. The van der Waals surface area contributed by atoms with Gasteiger partial charge in [-0.2, -0.15) is 0 Å². The highest BCUT2D eigenvalue weighted by atomic mass is 19.1. The molecule has 2 rings (SSSR count). The number of amides is 1. The number of carbonyl (C=O) groups is 2. The summed E-state index contributed by atoms with van der Waals surface area (Å²) in [4.78, 5) is 25.8. The number of halogens is 1. The number of ketones is 1. The van der Waals surface area contributed by atoms with Gasteiger partial charge in [0.1, 0.15) is 11.4 Å². The molecule has 1 aliphatic heterocycles. The Balaban J connectivity index is 2.07. The SMILES string of the molecule is Cc1cc(F)ccc1[C@@H]1CCN(C(=O)OC(C)(C)C)CC1=O. The smallest absolute Gasteiger partial charge is 0.410 e. The van der Waals surface area contributed by atoms with Gasteiger partial charge < -0.3 is 9.64 Å². The number of benzene rings is 1. The Labute approximate surface area is 130 Å². The van der Waals surface area contributed by atoms with Crippen LogP contribution in [-0.2, 0) is 9.53 Å². The van der Waals surface area contributed by atoms with Crippen LogP contribution in [0.5, 0.6) is 0 Å². The summed E-state index contributed by atoms with van der Waals surface area (Å²) in [5.41, 5.74) is 1.03. The first kappa shape index (κ1) is 16.5. The number of hydrogen-bond acceptors (Lipinski definition) is 3. The second kappa shape index (κ2) is 6.07. The minimum absolute atomic E-state index is 0.0354. The largest absolute Gasteiger partial charge is 0.444 e. The molecule has 1 aliphatic rings. The fourth-order valence-corrected chi connectivity index (χ4v) is 2.66. The van der Waals surface area contributed by atoms with Crippen molar-refractivity contribution in [2.24, 2.45) is 0 Å². The molecule has 1 heterocycles. The summed E-state index contributed by atoms with van der Waals surface area (Å²) in [5, 5.41) is 0. The zero-order valence-corrected chi connectivity index (χ0v) is 13.5. The van der Waals surface area contributed by atoms with E-state index >= 15 is 0 Å². The Bertz CT molecular complexity index is 592. The van der Waals surface area contributed by atoms with Crippen LogP contribution in [0.3, 0.4) is 0 Å². The summed E-state index contributed by atoms with van der Waals surface area (Å²) in [6.45, 7) is 7.68. The van der Waals surface area contributed by atoms with Crippen molar-refractivity contribution in [1.82, 2.24) is 4.90 Å². The number of carbonyl (C=O) groups excluding carboxylic acids is 2. The van der Waals surface area contributed by atoms with Gasteiger partial charge in [-0.1, -0.05) is 6.07 Å². The Morgan fingerprint density at radius 2 is 2.05 bits per heavy atom. The van der Waals surface area contributed by atoms with Crippen molar-refractivity contribution in [3.63, 3.8) is 0 Å². The van der Waals surface area contributed by atoms with Gasteiger partial charge in [0.05, 0.1) is 6.54 Å². The average molecular weight is 307 g/mol. The van der Waals surface area contributed by atoms with Gasteiger partial charge in [-0.05, 0) is 57.4 Å². The molecule has 0 unspecified atom stereocenters. The van der Waals surface area contributed by atoms with Crippen LogP contribution in [0.15, 0.2) is 18.2 Å². The highest BCUT2D eigenvalue weighted by molar-refractivity contribution is 5.91. The Hall–Kier alpha value is -1.91. The van der Waals surface area contributed by atoms with Crippen molar-refractivity contribution in [3.8, 4) is 0 Å².